The van der Waals surface area contributed by atoms with E-state index in [1.165, 1.54) is 6.20 Å². The Kier molecular flexibility index (Phi) is 2.10. The van der Waals surface area contributed by atoms with E-state index in [1.54, 1.807) is 6.20 Å². The molecule has 0 atom stereocenters. The second kappa shape index (κ2) is 3.62. The molecular weight excluding hydrogens is 220 g/mol. The number of fused-ring (bicyclic) bond motifs is 1. The molecule has 0 radical (unpaired) electrons. The summed E-state index contributed by atoms with van der Waals surface area (Å²) in [5, 5.41) is 7.51. The number of hydrogen-bond acceptors (Lipinski definition) is 5. The summed E-state index contributed by atoms with van der Waals surface area (Å²) in [6.45, 7) is 0. The van der Waals surface area contributed by atoms with Gasteiger partial charge in [-0.15, -0.1) is 10.2 Å². The maximum absolute atomic E-state index is 11.4. The summed E-state index contributed by atoms with van der Waals surface area (Å²) < 4.78 is 0. The molecule has 86 valence electrons. The second-order valence-corrected chi connectivity index (χ2v) is 3.95. The monoisotopic (exact) mass is 230 g/mol. The number of azo groups is 1. The number of carbonyl (C=O) groups is 1. The van der Waals surface area contributed by atoms with E-state index in [0.717, 1.165) is 12.8 Å². The van der Waals surface area contributed by atoms with Crippen LogP contribution in [0.3, 0.4) is 0 Å². The normalized spacial score (nSPS) is 15.8. The molecule has 2 aromatic heterocycles. The number of nitrogens with two attached hydrogens (primary N) is 1. The van der Waals surface area contributed by atoms with Crippen LogP contribution < -0.4 is 5.73 Å². The van der Waals surface area contributed by atoms with Gasteiger partial charge in [-0.3, -0.25) is 4.79 Å². The van der Waals surface area contributed by atoms with Crippen molar-refractivity contribution in [3.05, 3.63) is 12.4 Å². The molecule has 7 nitrogen and oxygen atoms in total. The molecule has 0 aromatic carbocycles. The summed E-state index contributed by atoms with van der Waals surface area (Å²) in [6, 6.07) is 0. The lowest BCUT2D eigenvalue weighted by molar-refractivity contribution is -0.119. The van der Waals surface area contributed by atoms with Crippen LogP contribution in [0.15, 0.2) is 22.6 Å². The number of rotatable bonds is 2. The molecule has 1 fully saturated rings. The van der Waals surface area contributed by atoms with Gasteiger partial charge in [0.15, 0.2) is 5.82 Å². The number of hydrogen-bond donors (Lipinski definition) is 2. The molecule has 3 N–H and O–H groups in total. The topological polar surface area (TPSA) is 109 Å². The Balaban J connectivity index is 1.97. The number of amides is 1. The van der Waals surface area contributed by atoms with Gasteiger partial charge in [-0.2, -0.15) is 0 Å². The van der Waals surface area contributed by atoms with Crippen molar-refractivity contribution >= 4 is 28.6 Å². The first-order valence-electron chi connectivity index (χ1n) is 5.29. The molecule has 1 saturated carbocycles. The molecule has 17 heavy (non-hydrogen) atoms. The van der Waals surface area contributed by atoms with Crippen molar-refractivity contribution in [3.63, 3.8) is 0 Å². The van der Waals surface area contributed by atoms with Gasteiger partial charge in [0.2, 0.25) is 0 Å². The van der Waals surface area contributed by atoms with Gasteiger partial charge in [0.1, 0.15) is 16.9 Å². The smallest absolute Gasteiger partial charge is 0.267 e. The quantitative estimate of drug-likeness (QED) is 0.762. The lowest BCUT2D eigenvalue weighted by atomic mass is 10.4. The van der Waals surface area contributed by atoms with E-state index in [1.807, 2.05) is 0 Å². The molecule has 3 rings (SSSR count). The third-order valence-electron chi connectivity index (χ3n) is 2.61. The third kappa shape index (κ3) is 1.75. The highest BCUT2D eigenvalue weighted by Gasteiger charge is 2.29. The Bertz CT molecular complexity index is 612. The predicted octanol–water partition coefficient (Wildman–Crippen LogP) is 1.56. The molecule has 1 aliphatic rings. The van der Waals surface area contributed by atoms with Gasteiger partial charge < -0.3 is 10.7 Å². The Hall–Kier alpha value is -2.31. The van der Waals surface area contributed by atoms with E-state index in [2.05, 4.69) is 25.2 Å². The standard InChI is InChI=1S/C10H10N6O/c11-8-6-7(13-4-3-12-6)9(14-8)15-16-10(17)5-1-2-5/h3-5,14H,1-2,11H2. The van der Waals surface area contributed by atoms with Crippen LogP contribution in [0.1, 0.15) is 12.8 Å². The molecule has 0 aliphatic heterocycles. The highest BCUT2D eigenvalue weighted by Crippen LogP contribution is 2.31. The Labute approximate surface area is 96.2 Å². The van der Waals surface area contributed by atoms with E-state index >= 15 is 0 Å². The molecule has 0 bridgehead atoms. The SMILES string of the molecule is Nc1[nH]c(N=NC(=O)C2CC2)c2nccnc12. The number of nitrogen functional groups attached to an aromatic ring is 1. The summed E-state index contributed by atoms with van der Waals surface area (Å²) in [4.78, 5) is 22.4. The number of nitrogens with zero attached hydrogens (tertiary/aromatic N) is 4. The van der Waals surface area contributed by atoms with Gasteiger partial charge in [0.05, 0.1) is 0 Å². The maximum atomic E-state index is 11.4. The maximum Gasteiger partial charge on any atom is 0.267 e. The van der Waals surface area contributed by atoms with Gasteiger partial charge in [-0.05, 0) is 12.8 Å². The van der Waals surface area contributed by atoms with Crippen molar-refractivity contribution in [2.75, 3.05) is 5.73 Å². The van der Waals surface area contributed by atoms with Crippen molar-refractivity contribution < 1.29 is 4.79 Å². The fourth-order valence-corrected chi connectivity index (χ4v) is 1.54. The Morgan fingerprint density at radius 3 is 2.76 bits per heavy atom. The van der Waals surface area contributed by atoms with E-state index in [4.69, 9.17) is 5.73 Å². The van der Waals surface area contributed by atoms with Crippen LogP contribution in [0.25, 0.3) is 11.0 Å². The van der Waals surface area contributed by atoms with Crippen molar-refractivity contribution in [2.24, 2.45) is 16.1 Å². The number of carbonyl (C=O) groups excluding carboxylic acids is 1. The summed E-state index contributed by atoms with van der Waals surface area (Å²) in [6.07, 6.45) is 4.90. The number of nitrogens with one attached hydrogen (secondary N) is 1. The zero-order chi connectivity index (χ0) is 11.8. The summed E-state index contributed by atoms with van der Waals surface area (Å²) >= 11 is 0. The fraction of sp³-hybridized carbons (Fsp3) is 0.300. The van der Waals surface area contributed by atoms with Crippen LogP contribution in [0.5, 0.6) is 0 Å². The molecule has 1 amide bonds. The zero-order valence-electron chi connectivity index (χ0n) is 8.92. The van der Waals surface area contributed by atoms with Crippen LogP contribution in [0.2, 0.25) is 0 Å². The fourth-order valence-electron chi connectivity index (χ4n) is 1.54. The minimum absolute atomic E-state index is 0.0587. The van der Waals surface area contributed by atoms with E-state index in [0.29, 0.717) is 22.7 Å². The summed E-state index contributed by atoms with van der Waals surface area (Å²) in [7, 11) is 0. The average Bonchev–Trinajstić information content (AvgIpc) is 3.14. The van der Waals surface area contributed by atoms with Crippen LogP contribution in [-0.4, -0.2) is 20.9 Å². The van der Waals surface area contributed by atoms with Crippen molar-refractivity contribution in [2.45, 2.75) is 12.8 Å². The first-order chi connectivity index (χ1) is 8.25. The first-order valence-corrected chi connectivity index (χ1v) is 5.29. The Morgan fingerprint density at radius 1 is 1.35 bits per heavy atom. The van der Waals surface area contributed by atoms with Gasteiger partial charge in [-0.25, -0.2) is 9.97 Å². The van der Waals surface area contributed by atoms with Crippen LogP contribution in [-0.2, 0) is 4.79 Å². The summed E-state index contributed by atoms with van der Waals surface area (Å²) in [5.74, 6) is 0.624. The third-order valence-corrected chi connectivity index (χ3v) is 2.61. The molecule has 0 saturated heterocycles. The van der Waals surface area contributed by atoms with Crippen molar-refractivity contribution in [1.82, 2.24) is 15.0 Å². The minimum Gasteiger partial charge on any atom is -0.383 e. The largest absolute Gasteiger partial charge is 0.383 e. The predicted molar refractivity (Wildman–Crippen MR) is 60.5 cm³/mol. The van der Waals surface area contributed by atoms with E-state index < -0.39 is 0 Å². The molecular formula is C10H10N6O. The van der Waals surface area contributed by atoms with E-state index in [9.17, 15) is 4.79 Å². The lowest BCUT2D eigenvalue weighted by Crippen LogP contribution is -1.92. The Morgan fingerprint density at radius 2 is 2.06 bits per heavy atom. The van der Waals surface area contributed by atoms with Crippen molar-refractivity contribution in [1.29, 1.82) is 0 Å². The van der Waals surface area contributed by atoms with Gasteiger partial charge in [-0.1, -0.05) is 0 Å². The van der Waals surface area contributed by atoms with Crippen molar-refractivity contribution in [3.8, 4) is 0 Å². The van der Waals surface area contributed by atoms with E-state index in [-0.39, 0.29) is 11.8 Å². The average molecular weight is 230 g/mol. The summed E-state index contributed by atoms with van der Waals surface area (Å²) in [5.41, 5.74) is 6.78. The number of aromatic amines is 1. The minimum atomic E-state index is -0.185. The number of anilines is 1. The highest BCUT2D eigenvalue weighted by molar-refractivity contribution is 5.93. The molecule has 0 spiro atoms. The lowest BCUT2D eigenvalue weighted by Gasteiger charge is -1.88. The highest BCUT2D eigenvalue weighted by atomic mass is 16.2. The first kappa shape index (κ1) is 9.88. The molecule has 2 heterocycles. The molecule has 7 heteroatoms. The number of aromatic nitrogens is 3. The van der Waals surface area contributed by atoms with Crippen LogP contribution >= 0.6 is 0 Å². The molecule has 1 aliphatic carbocycles. The van der Waals surface area contributed by atoms with Crippen LogP contribution in [0, 0.1) is 5.92 Å². The second-order valence-electron chi connectivity index (χ2n) is 3.95. The van der Waals surface area contributed by atoms with Crippen LogP contribution in [0.4, 0.5) is 11.6 Å². The zero-order valence-corrected chi connectivity index (χ0v) is 8.92. The molecule has 2 aromatic rings. The van der Waals surface area contributed by atoms with Gasteiger partial charge in [0, 0.05) is 18.3 Å². The number of H-pyrrole nitrogens is 1. The van der Waals surface area contributed by atoms with Gasteiger partial charge in [0.25, 0.3) is 5.91 Å². The molecule has 0 unspecified atom stereocenters. The van der Waals surface area contributed by atoms with Gasteiger partial charge >= 0.3 is 0 Å².